The van der Waals surface area contributed by atoms with Gasteiger partial charge in [-0.1, -0.05) is 30.3 Å². The Bertz CT molecular complexity index is 811. The second-order valence-electron chi connectivity index (χ2n) is 5.78. The van der Waals surface area contributed by atoms with Crippen molar-refractivity contribution >= 4 is 23.2 Å². The highest BCUT2D eigenvalue weighted by Gasteiger charge is 2.25. The topological polar surface area (TPSA) is 66.5 Å². The van der Waals surface area contributed by atoms with Gasteiger partial charge in [0.05, 0.1) is 5.69 Å². The molecule has 0 bridgehead atoms. The van der Waals surface area contributed by atoms with Crippen molar-refractivity contribution in [2.45, 2.75) is 25.2 Å². The Morgan fingerprint density at radius 3 is 2.70 bits per heavy atom. The summed E-state index contributed by atoms with van der Waals surface area (Å²) < 4.78 is 0. The fraction of sp³-hybridized carbons (Fsp3) is 0.235. The van der Waals surface area contributed by atoms with Crippen LogP contribution in [0.2, 0.25) is 5.28 Å². The smallest absolute Gasteiger partial charge is 0.224 e. The van der Waals surface area contributed by atoms with Gasteiger partial charge in [0.25, 0.3) is 0 Å². The molecular weight excluding hydrogens is 310 g/mol. The zero-order valence-corrected chi connectivity index (χ0v) is 13.2. The molecule has 1 aromatic carbocycles. The molecule has 4 rings (SSSR count). The minimum absolute atomic E-state index is 0.235. The van der Waals surface area contributed by atoms with Crippen LogP contribution in [-0.2, 0) is 6.42 Å². The highest BCUT2D eigenvalue weighted by atomic mass is 35.5. The molecule has 0 atom stereocenters. The summed E-state index contributed by atoms with van der Waals surface area (Å²) >= 11 is 6.06. The third kappa shape index (κ3) is 3.51. The first-order valence-electron chi connectivity index (χ1n) is 7.66. The maximum atomic E-state index is 6.06. The van der Waals surface area contributed by atoms with E-state index < -0.39 is 0 Å². The number of H-pyrrole nitrogens is 1. The number of rotatable bonds is 5. The van der Waals surface area contributed by atoms with Gasteiger partial charge in [-0.2, -0.15) is 5.10 Å². The minimum Gasteiger partial charge on any atom is -0.323 e. The van der Waals surface area contributed by atoms with Crippen molar-refractivity contribution in [1.82, 2.24) is 20.2 Å². The van der Waals surface area contributed by atoms with Crippen LogP contribution in [0.15, 0.2) is 42.5 Å². The lowest BCUT2D eigenvalue weighted by Crippen LogP contribution is -2.00. The molecule has 1 fully saturated rings. The number of benzene rings is 1. The van der Waals surface area contributed by atoms with Crippen LogP contribution in [0.4, 0.5) is 11.6 Å². The third-order valence-electron chi connectivity index (χ3n) is 3.85. The number of nitrogens with one attached hydrogen (secondary N) is 2. The van der Waals surface area contributed by atoms with Crippen LogP contribution >= 0.6 is 11.6 Å². The van der Waals surface area contributed by atoms with E-state index in [9.17, 15) is 0 Å². The molecule has 1 saturated carbocycles. The number of aromatic amines is 1. The fourth-order valence-electron chi connectivity index (χ4n) is 2.56. The van der Waals surface area contributed by atoms with E-state index in [-0.39, 0.29) is 5.28 Å². The number of aromatic nitrogens is 4. The van der Waals surface area contributed by atoms with Crippen molar-refractivity contribution < 1.29 is 0 Å². The first kappa shape index (κ1) is 14.2. The standard InChI is InChI=1S/C17H16ClN5/c18-17-19-13(8-11-4-2-1-3-5-11)9-15(21-17)20-16-10-14(22-23-16)12-6-7-12/h1-5,9-10,12H,6-8H2,(H2,19,20,21,22,23). The number of nitrogens with zero attached hydrogens (tertiary/aromatic N) is 3. The molecule has 1 aliphatic rings. The highest BCUT2D eigenvalue weighted by Crippen LogP contribution is 2.39. The van der Waals surface area contributed by atoms with Gasteiger partial charge in [-0.15, -0.1) is 0 Å². The van der Waals surface area contributed by atoms with E-state index in [1.54, 1.807) is 0 Å². The largest absolute Gasteiger partial charge is 0.323 e. The van der Waals surface area contributed by atoms with E-state index in [1.165, 1.54) is 24.1 Å². The summed E-state index contributed by atoms with van der Waals surface area (Å²) in [7, 11) is 0. The summed E-state index contributed by atoms with van der Waals surface area (Å²) in [6.45, 7) is 0. The van der Waals surface area contributed by atoms with Gasteiger partial charge in [0.1, 0.15) is 5.82 Å². The maximum absolute atomic E-state index is 6.06. The van der Waals surface area contributed by atoms with Crippen molar-refractivity contribution in [3.05, 3.63) is 64.7 Å². The van der Waals surface area contributed by atoms with Gasteiger partial charge in [-0.05, 0) is 30.0 Å². The Morgan fingerprint density at radius 2 is 1.91 bits per heavy atom. The van der Waals surface area contributed by atoms with E-state index in [0.29, 0.717) is 18.2 Å². The lowest BCUT2D eigenvalue weighted by atomic mass is 10.1. The monoisotopic (exact) mass is 325 g/mol. The lowest BCUT2D eigenvalue weighted by molar-refractivity contribution is 0.965. The van der Waals surface area contributed by atoms with E-state index in [4.69, 9.17) is 11.6 Å². The van der Waals surface area contributed by atoms with Crippen molar-refractivity contribution in [3.8, 4) is 0 Å². The second kappa shape index (κ2) is 6.01. The van der Waals surface area contributed by atoms with E-state index in [1.807, 2.05) is 30.3 Å². The summed E-state index contributed by atoms with van der Waals surface area (Å²) in [5.41, 5.74) is 3.23. The Hall–Kier alpha value is -2.40. The molecule has 6 heteroatoms. The second-order valence-corrected chi connectivity index (χ2v) is 6.12. The SMILES string of the molecule is Clc1nc(Cc2ccccc2)cc(Nc2cc(C3CC3)[nH]n2)n1. The van der Waals surface area contributed by atoms with Crippen LogP contribution < -0.4 is 5.32 Å². The lowest BCUT2D eigenvalue weighted by Gasteiger charge is -2.06. The molecule has 2 aromatic heterocycles. The summed E-state index contributed by atoms with van der Waals surface area (Å²) in [4.78, 5) is 8.53. The van der Waals surface area contributed by atoms with Crippen LogP contribution in [0.5, 0.6) is 0 Å². The van der Waals surface area contributed by atoms with Gasteiger partial charge in [-0.3, -0.25) is 5.10 Å². The van der Waals surface area contributed by atoms with Crippen LogP contribution in [0.1, 0.15) is 35.7 Å². The van der Waals surface area contributed by atoms with Crippen LogP contribution in [0.3, 0.4) is 0 Å². The van der Waals surface area contributed by atoms with Crippen LogP contribution in [-0.4, -0.2) is 20.2 Å². The molecule has 3 aromatic rings. The maximum Gasteiger partial charge on any atom is 0.224 e. The number of anilines is 2. The summed E-state index contributed by atoms with van der Waals surface area (Å²) in [5.74, 6) is 2.05. The van der Waals surface area contributed by atoms with Gasteiger partial charge in [0, 0.05) is 30.2 Å². The zero-order valence-electron chi connectivity index (χ0n) is 12.5. The van der Waals surface area contributed by atoms with E-state index in [0.717, 1.165) is 11.5 Å². The van der Waals surface area contributed by atoms with Gasteiger partial charge in [0.15, 0.2) is 5.82 Å². The molecule has 2 heterocycles. The highest BCUT2D eigenvalue weighted by molar-refractivity contribution is 6.28. The summed E-state index contributed by atoms with van der Waals surface area (Å²) in [5, 5.41) is 10.8. The quantitative estimate of drug-likeness (QED) is 0.694. The Balaban J connectivity index is 1.53. The normalized spacial score (nSPS) is 14.0. The predicted octanol–water partition coefficient (Wildman–Crippen LogP) is 4.06. The molecule has 2 N–H and O–H groups in total. The first-order chi connectivity index (χ1) is 11.3. The fourth-order valence-corrected chi connectivity index (χ4v) is 2.76. The summed E-state index contributed by atoms with van der Waals surface area (Å²) in [6, 6.07) is 14.1. The van der Waals surface area contributed by atoms with Crippen molar-refractivity contribution in [2.75, 3.05) is 5.32 Å². The molecule has 5 nitrogen and oxygen atoms in total. The minimum atomic E-state index is 0.235. The Kier molecular flexibility index (Phi) is 3.71. The molecule has 23 heavy (non-hydrogen) atoms. The van der Waals surface area contributed by atoms with Gasteiger partial charge < -0.3 is 5.32 Å². The number of halogens is 1. The van der Waals surface area contributed by atoms with Gasteiger partial charge in [0.2, 0.25) is 5.28 Å². The van der Waals surface area contributed by atoms with E-state index >= 15 is 0 Å². The third-order valence-corrected chi connectivity index (χ3v) is 4.02. The van der Waals surface area contributed by atoms with Crippen LogP contribution in [0, 0.1) is 0 Å². The summed E-state index contributed by atoms with van der Waals surface area (Å²) in [6.07, 6.45) is 3.19. The van der Waals surface area contributed by atoms with Crippen molar-refractivity contribution in [2.24, 2.45) is 0 Å². The Morgan fingerprint density at radius 1 is 1.09 bits per heavy atom. The molecule has 0 aliphatic heterocycles. The van der Waals surface area contributed by atoms with Crippen LogP contribution in [0.25, 0.3) is 0 Å². The Labute approximate surface area is 139 Å². The molecule has 0 radical (unpaired) electrons. The van der Waals surface area contributed by atoms with Crippen molar-refractivity contribution in [1.29, 1.82) is 0 Å². The van der Waals surface area contributed by atoms with Gasteiger partial charge in [-0.25, -0.2) is 9.97 Å². The molecule has 116 valence electrons. The number of hydrogen-bond acceptors (Lipinski definition) is 4. The molecule has 0 amide bonds. The van der Waals surface area contributed by atoms with Gasteiger partial charge >= 0.3 is 0 Å². The average Bonchev–Trinajstić information content (AvgIpc) is 3.28. The molecule has 0 unspecified atom stereocenters. The molecular formula is C17H16ClN5. The number of hydrogen-bond donors (Lipinski definition) is 2. The predicted molar refractivity (Wildman–Crippen MR) is 90.1 cm³/mol. The first-order valence-corrected chi connectivity index (χ1v) is 8.04. The van der Waals surface area contributed by atoms with Crippen molar-refractivity contribution in [3.63, 3.8) is 0 Å². The van der Waals surface area contributed by atoms with E-state index in [2.05, 4.69) is 37.6 Å². The molecule has 1 aliphatic carbocycles. The molecule has 0 saturated heterocycles. The zero-order chi connectivity index (χ0) is 15.6. The molecule has 0 spiro atoms. The average molecular weight is 326 g/mol.